The molecule has 0 aliphatic rings. The second-order valence-corrected chi connectivity index (χ2v) is 3.40. The zero-order valence-corrected chi connectivity index (χ0v) is 10.2. The van der Waals surface area contributed by atoms with Gasteiger partial charge in [0.05, 0.1) is 0 Å². The Kier molecular flexibility index (Phi) is 5.91. The number of amides is 1. The molecule has 0 heterocycles. The molecule has 0 fully saturated rings. The van der Waals surface area contributed by atoms with Crippen molar-refractivity contribution in [2.75, 3.05) is 6.54 Å². The van der Waals surface area contributed by atoms with Gasteiger partial charge in [-0.3, -0.25) is 4.79 Å². The maximum Gasteiger partial charge on any atom is 0.422 e. The molecule has 0 atom stereocenters. The first-order valence-corrected chi connectivity index (χ1v) is 5.45. The molecule has 0 unspecified atom stereocenters. The number of nitrogens with one attached hydrogen (secondary N) is 2. The molecule has 17 heavy (non-hydrogen) atoms. The summed E-state index contributed by atoms with van der Waals surface area (Å²) in [7, 11) is 0. The van der Waals surface area contributed by atoms with Crippen molar-refractivity contribution in [3.8, 4) is 0 Å². The van der Waals surface area contributed by atoms with Crippen LogP contribution >= 0.6 is 0 Å². The summed E-state index contributed by atoms with van der Waals surface area (Å²) in [6, 6.07) is 0. The van der Waals surface area contributed by atoms with E-state index in [2.05, 4.69) is 5.32 Å². The topological polar surface area (TPSA) is 53.0 Å². The third kappa shape index (κ3) is 4.20. The molecule has 0 aromatic heterocycles. The Balaban J connectivity index is 5.63. The van der Waals surface area contributed by atoms with Gasteiger partial charge in [-0.25, -0.2) is 0 Å². The Morgan fingerprint density at radius 1 is 1.18 bits per heavy atom. The molecule has 0 radical (unpaired) electrons. The Labute approximate surface area is 98.6 Å². The fourth-order valence-electron chi connectivity index (χ4n) is 1.44. The summed E-state index contributed by atoms with van der Waals surface area (Å²) >= 11 is 0. The average Bonchev–Trinajstić information content (AvgIpc) is 2.22. The van der Waals surface area contributed by atoms with Crippen LogP contribution < -0.4 is 5.32 Å². The van der Waals surface area contributed by atoms with Gasteiger partial charge >= 0.3 is 6.18 Å². The second-order valence-electron chi connectivity index (χ2n) is 3.40. The van der Waals surface area contributed by atoms with E-state index in [9.17, 15) is 18.0 Å². The van der Waals surface area contributed by atoms with Crippen LogP contribution in [-0.2, 0) is 4.79 Å². The fraction of sp³-hybridized carbons (Fsp3) is 0.636. The number of likely N-dealkylation sites (N-methyl/N-ethyl adjacent to an activating group) is 1. The van der Waals surface area contributed by atoms with E-state index in [4.69, 9.17) is 5.41 Å². The van der Waals surface area contributed by atoms with Gasteiger partial charge in [-0.15, -0.1) is 0 Å². The number of carbonyl (C=O) groups excluding carboxylic acids is 1. The van der Waals surface area contributed by atoms with E-state index < -0.39 is 17.7 Å². The van der Waals surface area contributed by atoms with E-state index in [1.165, 1.54) is 6.92 Å². The van der Waals surface area contributed by atoms with Crippen molar-refractivity contribution in [2.24, 2.45) is 0 Å². The number of hydrogen-bond donors (Lipinski definition) is 2. The van der Waals surface area contributed by atoms with Gasteiger partial charge in [0.2, 0.25) is 0 Å². The Morgan fingerprint density at radius 2 is 1.71 bits per heavy atom. The van der Waals surface area contributed by atoms with Gasteiger partial charge in [-0.1, -0.05) is 13.8 Å². The van der Waals surface area contributed by atoms with Crippen molar-refractivity contribution in [3.63, 3.8) is 0 Å². The molecule has 0 saturated heterocycles. The van der Waals surface area contributed by atoms with Crippen molar-refractivity contribution < 1.29 is 18.0 Å². The second kappa shape index (κ2) is 6.42. The van der Waals surface area contributed by atoms with Crippen LogP contribution in [0.4, 0.5) is 13.2 Å². The maximum absolute atomic E-state index is 12.8. The van der Waals surface area contributed by atoms with E-state index in [0.29, 0.717) is 0 Å². The van der Waals surface area contributed by atoms with Gasteiger partial charge < -0.3 is 10.7 Å². The molecule has 6 heteroatoms. The van der Waals surface area contributed by atoms with Crippen LogP contribution in [0.1, 0.15) is 33.6 Å². The van der Waals surface area contributed by atoms with E-state index in [-0.39, 0.29) is 30.7 Å². The van der Waals surface area contributed by atoms with Crippen molar-refractivity contribution >= 4 is 11.6 Å². The largest absolute Gasteiger partial charge is 0.422 e. The molecule has 0 rings (SSSR count). The first-order valence-electron chi connectivity index (χ1n) is 5.45. The number of halogens is 3. The zero-order valence-electron chi connectivity index (χ0n) is 10.2. The first kappa shape index (κ1) is 15.7. The van der Waals surface area contributed by atoms with Gasteiger partial charge in [0.1, 0.15) is 5.57 Å². The molecule has 2 N–H and O–H groups in total. The molecule has 0 bridgehead atoms. The smallest absolute Gasteiger partial charge is 0.352 e. The summed E-state index contributed by atoms with van der Waals surface area (Å²) in [6.45, 7) is 4.76. The van der Waals surface area contributed by atoms with Gasteiger partial charge in [-0.2, -0.15) is 13.2 Å². The summed E-state index contributed by atoms with van der Waals surface area (Å²) in [6.07, 6.45) is -4.55. The molecule has 0 saturated carbocycles. The van der Waals surface area contributed by atoms with Crippen LogP contribution in [0.3, 0.4) is 0 Å². The van der Waals surface area contributed by atoms with E-state index in [1.807, 2.05) is 0 Å². The summed E-state index contributed by atoms with van der Waals surface area (Å²) in [4.78, 5) is 11.4. The molecule has 3 nitrogen and oxygen atoms in total. The van der Waals surface area contributed by atoms with E-state index in [1.54, 1.807) is 13.8 Å². The molecule has 0 aromatic carbocycles. The quantitative estimate of drug-likeness (QED) is 0.572. The Hall–Kier alpha value is -1.33. The Morgan fingerprint density at radius 3 is 2.00 bits per heavy atom. The standard InChI is InChI=1S/C11H17F3N2O/c1-4-7(8(15)5-2)9(11(12,13)14)10(17)16-6-3/h15H,4-6H2,1-3H3,(H,16,17)/b9-7+,15-8?. The molecule has 0 aliphatic carbocycles. The van der Waals surface area contributed by atoms with Crippen molar-refractivity contribution in [1.82, 2.24) is 5.32 Å². The molecular weight excluding hydrogens is 233 g/mol. The highest BCUT2D eigenvalue weighted by Gasteiger charge is 2.41. The molecule has 0 spiro atoms. The average molecular weight is 250 g/mol. The minimum absolute atomic E-state index is 0.0126. The third-order valence-corrected chi connectivity index (χ3v) is 2.22. The number of hydrogen-bond acceptors (Lipinski definition) is 2. The molecule has 98 valence electrons. The lowest BCUT2D eigenvalue weighted by Gasteiger charge is -2.16. The summed E-state index contributed by atoms with van der Waals surface area (Å²) in [5.41, 5.74) is -1.62. The van der Waals surface area contributed by atoms with Gasteiger partial charge in [0.25, 0.3) is 5.91 Å². The van der Waals surface area contributed by atoms with Crippen molar-refractivity contribution in [1.29, 1.82) is 5.41 Å². The highest BCUT2D eigenvalue weighted by Crippen LogP contribution is 2.30. The van der Waals surface area contributed by atoms with Crippen LogP contribution in [0.15, 0.2) is 11.1 Å². The summed E-state index contributed by atoms with van der Waals surface area (Å²) in [5.74, 6) is -1.16. The summed E-state index contributed by atoms with van der Waals surface area (Å²) < 4.78 is 38.4. The van der Waals surface area contributed by atoms with Crippen molar-refractivity contribution in [2.45, 2.75) is 39.8 Å². The number of carbonyl (C=O) groups is 1. The molecule has 0 aliphatic heterocycles. The fourth-order valence-corrected chi connectivity index (χ4v) is 1.44. The van der Waals surface area contributed by atoms with Crippen LogP contribution in [0, 0.1) is 5.41 Å². The molecule has 1 amide bonds. The van der Waals surface area contributed by atoms with Crippen LogP contribution in [0.25, 0.3) is 0 Å². The number of allylic oxidation sites excluding steroid dienone is 1. The third-order valence-electron chi connectivity index (χ3n) is 2.22. The SMILES string of the molecule is CCNC(=O)/C(=C(/CC)C(=N)CC)C(F)(F)F. The van der Waals surface area contributed by atoms with Crippen LogP contribution in [0.2, 0.25) is 0 Å². The van der Waals surface area contributed by atoms with E-state index >= 15 is 0 Å². The number of rotatable bonds is 5. The lowest BCUT2D eigenvalue weighted by molar-refractivity contribution is -0.130. The van der Waals surface area contributed by atoms with Gasteiger partial charge in [0, 0.05) is 12.3 Å². The monoisotopic (exact) mass is 250 g/mol. The van der Waals surface area contributed by atoms with Crippen molar-refractivity contribution in [3.05, 3.63) is 11.1 Å². The zero-order chi connectivity index (χ0) is 13.6. The van der Waals surface area contributed by atoms with Gasteiger partial charge in [0.15, 0.2) is 0 Å². The molecule has 0 aromatic rings. The van der Waals surface area contributed by atoms with Crippen LogP contribution in [-0.4, -0.2) is 24.3 Å². The molecular formula is C11H17F3N2O. The first-order chi connectivity index (χ1) is 7.79. The maximum atomic E-state index is 12.8. The minimum atomic E-state index is -4.73. The summed E-state index contributed by atoms with van der Waals surface area (Å²) in [5, 5.41) is 9.63. The highest BCUT2D eigenvalue weighted by atomic mass is 19.4. The predicted octanol–water partition coefficient (Wildman–Crippen LogP) is 2.82. The Bertz CT molecular complexity index is 332. The van der Waals surface area contributed by atoms with Gasteiger partial charge in [-0.05, 0) is 25.3 Å². The normalized spacial score (nSPS) is 13.1. The van der Waals surface area contributed by atoms with Crippen LogP contribution in [0.5, 0.6) is 0 Å². The number of alkyl halides is 3. The predicted molar refractivity (Wildman–Crippen MR) is 60.1 cm³/mol. The van der Waals surface area contributed by atoms with E-state index in [0.717, 1.165) is 0 Å². The lowest BCUT2D eigenvalue weighted by atomic mass is 9.98. The minimum Gasteiger partial charge on any atom is -0.352 e. The lowest BCUT2D eigenvalue weighted by Crippen LogP contribution is -2.34. The highest BCUT2D eigenvalue weighted by molar-refractivity contribution is 6.07.